The minimum Gasteiger partial charge on any atom is -0.330 e. The molecule has 0 aliphatic carbocycles. The van der Waals surface area contributed by atoms with Gasteiger partial charge in [-0.2, -0.15) is 0 Å². The molecule has 3 heteroatoms. The highest BCUT2D eigenvalue weighted by molar-refractivity contribution is 6.07. The fourth-order valence-electron chi connectivity index (χ4n) is 1.67. The highest BCUT2D eigenvalue weighted by Gasteiger charge is 1.99. The summed E-state index contributed by atoms with van der Waals surface area (Å²) in [5.74, 6) is 0. The molecule has 2 N–H and O–H groups in total. The summed E-state index contributed by atoms with van der Waals surface area (Å²) in [5, 5.41) is 0. The molecule has 0 aromatic carbocycles. The third-order valence-electron chi connectivity index (χ3n) is 2.77. The number of nitrogens with two attached hydrogens (primary N) is 1. The molecule has 1 aromatic heterocycles. The van der Waals surface area contributed by atoms with Crippen LogP contribution in [0.4, 0.5) is 0 Å². The maximum atomic E-state index is 5.46. The summed E-state index contributed by atoms with van der Waals surface area (Å²) in [5.41, 5.74) is 8.49. The van der Waals surface area contributed by atoms with E-state index in [1.165, 1.54) is 18.4 Å². The van der Waals surface area contributed by atoms with Crippen molar-refractivity contribution in [2.75, 3.05) is 13.6 Å². The summed E-state index contributed by atoms with van der Waals surface area (Å²) < 4.78 is 0. The fraction of sp³-hybridized carbons (Fsp3) is 0.467. The van der Waals surface area contributed by atoms with E-state index in [1.54, 1.807) is 7.05 Å². The van der Waals surface area contributed by atoms with Crippen molar-refractivity contribution in [1.29, 1.82) is 0 Å². The second kappa shape index (κ2) is 8.59. The number of allylic oxidation sites excluding steroid dienone is 2. The van der Waals surface area contributed by atoms with Gasteiger partial charge in [-0.1, -0.05) is 18.6 Å². The molecule has 0 radical (unpaired) electrons. The van der Waals surface area contributed by atoms with Gasteiger partial charge in [-0.05, 0) is 50.4 Å². The predicted molar refractivity (Wildman–Crippen MR) is 78.1 cm³/mol. The zero-order chi connectivity index (χ0) is 13.2. The van der Waals surface area contributed by atoms with E-state index in [2.05, 4.69) is 28.2 Å². The molecular weight excluding hydrogens is 222 g/mol. The smallest absolute Gasteiger partial charge is 0.0881 e. The number of aliphatic imine (C=N–C) groups is 1. The lowest BCUT2D eigenvalue weighted by Gasteiger charge is -2.00. The molecule has 0 fully saturated rings. The standard InChI is InChI=1S/C15H23N3/c1-13-9-10-15(18-12-13)14(17-2)8-6-4-3-5-7-11-16/h6,8-10,12H,3-5,7,11,16H2,1-2H3/b8-6-,17-14?. The maximum Gasteiger partial charge on any atom is 0.0881 e. The number of unbranched alkanes of at least 4 members (excludes halogenated alkanes) is 3. The molecule has 0 atom stereocenters. The van der Waals surface area contributed by atoms with E-state index >= 15 is 0 Å². The highest BCUT2D eigenvalue weighted by Crippen LogP contribution is 2.04. The molecule has 0 saturated carbocycles. The first-order chi connectivity index (χ1) is 8.77. The zero-order valence-corrected chi connectivity index (χ0v) is 11.4. The van der Waals surface area contributed by atoms with Gasteiger partial charge in [0.2, 0.25) is 0 Å². The molecule has 0 bridgehead atoms. The first-order valence-electron chi connectivity index (χ1n) is 6.54. The molecule has 0 unspecified atom stereocenters. The Labute approximate surface area is 110 Å². The van der Waals surface area contributed by atoms with Gasteiger partial charge in [0.15, 0.2) is 0 Å². The average Bonchev–Trinajstić information content (AvgIpc) is 2.39. The molecule has 1 heterocycles. The van der Waals surface area contributed by atoms with Crippen LogP contribution in [-0.2, 0) is 0 Å². The van der Waals surface area contributed by atoms with Gasteiger partial charge in [0.25, 0.3) is 0 Å². The number of pyridine rings is 1. The van der Waals surface area contributed by atoms with E-state index in [4.69, 9.17) is 5.73 Å². The predicted octanol–water partition coefficient (Wildman–Crippen LogP) is 2.88. The number of rotatable bonds is 7. The summed E-state index contributed by atoms with van der Waals surface area (Å²) >= 11 is 0. The molecule has 0 spiro atoms. The lowest BCUT2D eigenvalue weighted by Crippen LogP contribution is -2.00. The molecular formula is C15H23N3. The normalized spacial score (nSPS) is 12.3. The highest BCUT2D eigenvalue weighted by atomic mass is 14.8. The molecule has 18 heavy (non-hydrogen) atoms. The molecule has 1 rings (SSSR count). The Balaban J connectivity index is 2.47. The van der Waals surface area contributed by atoms with E-state index in [1.807, 2.05) is 19.2 Å². The van der Waals surface area contributed by atoms with Crippen molar-refractivity contribution in [3.05, 3.63) is 41.7 Å². The minimum atomic E-state index is 0.790. The molecule has 98 valence electrons. The number of aryl methyl sites for hydroxylation is 1. The lowest BCUT2D eigenvalue weighted by molar-refractivity contribution is 0.695. The molecule has 1 aromatic rings. The van der Waals surface area contributed by atoms with Crippen molar-refractivity contribution >= 4 is 5.71 Å². The Morgan fingerprint density at radius 2 is 2.17 bits per heavy atom. The molecule has 0 aliphatic heterocycles. The van der Waals surface area contributed by atoms with Gasteiger partial charge in [0, 0.05) is 13.2 Å². The Kier molecular flexibility index (Phi) is 6.96. The van der Waals surface area contributed by atoms with E-state index in [0.29, 0.717) is 0 Å². The van der Waals surface area contributed by atoms with E-state index in [-0.39, 0.29) is 0 Å². The van der Waals surface area contributed by atoms with Crippen molar-refractivity contribution < 1.29 is 0 Å². The van der Waals surface area contributed by atoms with Crippen LogP contribution in [0.1, 0.15) is 36.9 Å². The Bertz CT molecular complexity index is 391. The van der Waals surface area contributed by atoms with Gasteiger partial charge in [0.1, 0.15) is 0 Å². The molecule has 3 nitrogen and oxygen atoms in total. The van der Waals surface area contributed by atoms with Crippen molar-refractivity contribution in [3.63, 3.8) is 0 Å². The van der Waals surface area contributed by atoms with Gasteiger partial charge in [-0.25, -0.2) is 0 Å². The van der Waals surface area contributed by atoms with Gasteiger partial charge in [-0.3, -0.25) is 9.98 Å². The van der Waals surface area contributed by atoms with E-state index in [9.17, 15) is 0 Å². The van der Waals surface area contributed by atoms with Crippen LogP contribution in [0.5, 0.6) is 0 Å². The van der Waals surface area contributed by atoms with Crippen LogP contribution in [0.15, 0.2) is 35.5 Å². The van der Waals surface area contributed by atoms with Crippen LogP contribution in [0, 0.1) is 6.92 Å². The number of hydrogen-bond donors (Lipinski definition) is 1. The van der Waals surface area contributed by atoms with Crippen molar-refractivity contribution in [1.82, 2.24) is 4.98 Å². The maximum absolute atomic E-state index is 5.46. The summed E-state index contributed by atoms with van der Waals surface area (Å²) in [6.07, 6.45) is 10.7. The van der Waals surface area contributed by atoms with Crippen LogP contribution < -0.4 is 5.73 Å². The largest absolute Gasteiger partial charge is 0.330 e. The fourth-order valence-corrected chi connectivity index (χ4v) is 1.67. The Morgan fingerprint density at radius 1 is 1.33 bits per heavy atom. The second-order valence-electron chi connectivity index (χ2n) is 4.37. The van der Waals surface area contributed by atoms with Crippen molar-refractivity contribution in [3.8, 4) is 0 Å². The Hall–Kier alpha value is -1.48. The third-order valence-corrected chi connectivity index (χ3v) is 2.77. The Morgan fingerprint density at radius 3 is 2.78 bits per heavy atom. The summed E-state index contributed by atoms with van der Waals surface area (Å²) in [6, 6.07) is 4.07. The molecule has 0 amide bonds. The van der Waals surface area contributed by atoms with E-state index in [0.717, 1.165) is 30.8 Å². The summed E-state index contributed by atoms with van der Waals surface area (Å²) in [7, 11) is 1.80. The quantitative estimate of drug-likeness (QED) is 0.593. The van der Waals surface area contributed by atoms with Crippen LogP contribution in [0.2, 0.25) is 0 Å². The SMILES string of the molecule is CN=C(/C=C\CCCCCN)c1ccc(C)cn1. The first-order valence-corrected chi connectivity index (χ1v) is 6.54. The van der Waals surface area contributed by atoms with Crippen molar-refractivity contribution in [2.45, 2.75) is 32.6 Å². The molecule has 0 saturated heterocycles. The third kappa shape index (κ3) is 5.23. The van der Waals surface area contributed by atoms with Crippen LogP contribution in [0.3, 0.4) is 0 Å². The van der Waals surface area contributed by atoms with Crippen molar-refractivity contribution in [2.24, 2.45) is 10.7 Å². The number of hydrogen-bond acceptors (Lipinski definition) is 3. The lowest BCUT2D eigenvalue weighted by atomic mass is 10.1. The van der Waals surface area contributed by atoms with Crippen LogP contribution in [0.25, 0.3) is 0 Å². The second-order valence-corrected chi connectivity index (χ2v) is 4.37. The van der Waals surface area contributed by atoms with Crippen LogP contribution >= 0.6 is 0 Å². The number of nitrogens with zero attached hydrogens (tertiary/aromatic N) is 2. The zero-order valence-electron chi connectivity index (χ0n) is 11.4. The van der Waals surface area contributed by atoms with Gasteiger partial charge < -0.3 is 5.73 Å². The topological polar surface area (TPSA) is 51.3 Å². The summed E-state index contributed by atoms with van der Waals surface area (Å²) in [4.78, 5) is 8.65. The molecule has 0 aliphatic rings. The van der Waals surface area contributed by atoms with Gasteiger partial charge >= 0.3 is 0 Å². The first kappa shape index (κ1) is 14.6. The van der Waals surface area contributed by atoms with Gasteiger partial charge in [-0.15, -0.1) is 0 Å². The monoisotopic (exact) mass is 245 g/mol. The number of aromatic nitrogens is 1. The van der Waals surface area contributed by atoms with Gasteiger partial charge in [0.05, 0.1) is 11.4 Å². The van der Waals surface area contributed by atoms with Crippen LogP contribution in [-0.4, -0.2) is 24.3 Å². The minimum absolute atomic E-state index is 0.790. The van der Waals surface area contributed by atoms with E-state index < -0.39 is 0 Å². The summed E-state index contributed by atoms with van der Waals surface area (Å²) in [6.45, 7) is 2.82. The average molecular weight is 245 g/mol.